The summed E-state index contributed by atoms with van der Waals surface area (Å²) in [5.41, 5.74) is -1.82. The molecule has 0 spiro atoms. The van der Waals surface area contributed by atoms with Crippen LogP contribution in [-0.4, -0.2) is 41.5 Å². The van der Waals surface area contributed by atoms with Gasteiger partial charge in [-0.2, -0.15) is 4.39 Å². The van der Waals surface area contributed by atoms with Crippen molar-refractivity contribution in [3.8, 4) is 0 Å². The summed E-state index contributed by atoms with van der Waals surface area (Å²) in [4.78, 5) is 23.1. The van der Waals surface area contributed by atoms with E-state index in [4.69, 9.17) is 4.74 Å². The maximum atomic E-state index is 14.0. The Morgan fingerprint density at radius 3 is 2.80 bits per heavy atom. The number of carbonyl (C=O) groups excluding carboxylic acids is 1. The average molecular weight is 286 g/mol. The van der Waals surface area contributed by atoms with E-state index in [1.807, 2.05) is 0 Å². The number of nitro benzene ring substituents is 1. The SMILES string of the molecule is CC1COCCN1C(=O)c1c(F)ccc([N+](=O)[O-])c1F. The number of ether oxygens (including phenoxy) is 1. The summed E-state index contributed by atoms with van der Waals surface area (Å²) in [6.45, 7) is 2.37. The number of hydrogen-bond donors (Lipinski definition) is 0. The van der Waals surface area contributed by atoms with E-state index in [0.717, 1.165) is 6.07 Å². The van der Waals surface area contributed by atoms with Crippen LogP contribution in [0.5, 0.6) is 0 Å². The Bertz CT molecular complexity index is 565. The highest BCUT2D eigenvalue weighted by Gasteiger charge is 2.32. The molecule has 0 aliphatic carbocycles. The Labute approximate surface area is 113 Å². The van der Waals surface area contributed by atoms with Crippen LogP contribution in [0, 0.1) is 21.7 Å². The number of amides is 1. The first-order chi connectivity index (χ1) is 9.43. The third kappa shape index (κ3) is 2.46. The van der Waals surface area contributed by atoms with Crippen LogP contribution in [0.3, 0.4) is 0 Å². The lowest BCUT2D eigenvalue weighted by atomic mass is 10.1. The summed E-state index contributed by atoms with van der Waals surface area (Å²) in [6.07, 6.45) is 0. The Balaban J connectivity index is 2.43. The van der Waals surface area contributed by atoms with E-state index in [0.29, 0.717) is 6.07 Å². The van der Waals surface area contributed by atoms with Gasteiger partial charge in [-0.25, -0.2) is 4.39 Å². The molecule has 1 unspecified atom stereocenters. The lowest BCUT2D eigenvalue weighted by Gasteiger charge is -2.33. The summed E-state index contributed by atoms with van der Waals surface area (Å²) < 4.78 is 32.8. The molecule has 1 aromatic carbocycles. The van der Waals surface area contributed by atoms with Crippen molar-refractivity contribution in [1.82, 2.24) is 4.90 Å². The first-order valence-electron chi connectivity index (χ1n) is 5.94. The van der Waals surface area contributed by atoms with Gasteiger partial charge in [0.05, 0.1) is 24.2 Å². The summed E-state index contributed by atoms with van der Waals surface area (Å²) in [6, 6.07) is 1.07. The molecule has 1 saturated heterocycles. The number of hydrogen-bond acceptors (Lipinski definition) is 4. The van der Waals surface area contributed by atoms with Gasteiger partial charge in [-0.1, -0.05) is 0 Å². The van der Waals surface area contributed by atoms with E-state index in [9.17, 15) is 23.7 Å². The number of morpholine rings is 1. The molecule has 8 heteroatoms. The zero-order valence-electron chi connectivity index (χ0n) is 10.6. The van der Waals surface area contributed by atoms with Gasteiger partial charge in [0.2, 0.25) is 5.82 Å². The number of halogens is 2. The van der Waals surface area contributed by atoms with E-state index in [1.54, 1.807) is 6.92 Å². The highest BCUT2D eigenvalue weighted by atomic mass is 19.1. The van der Waals surface area contributed by atoms with Crippen molar-refractivity contribution in [1.29, 1.82) is 0 Å². The molecule has 6 nitrogen and oxygen atoms in total. The molecule has 1 aromatic rings. The van der Waals surface area contributed by atoms with E-state index in [2.05, 4.69) is 0 Å². The summed E-state index contributed by atoms with van der Waals surface area (Å²) in [7, 11) is 0. The lowest BCUT2D eigenvalue weighted by molar-refractivity contribution is -0.387. The van der Waals surface area contributed by atoms with E-state index in [-0.39, 0.29) is 25.8 Å². The van der Waals surface area contributed by atoms with Crippen molar-refractivity contribution in [2.75, 3.05) is 19.8 Å². The molecule has 1 amide bonds. The summed E-state index contributed by atoms with van der Waals surface area (Å²) in [5, 5.41) is 10.6. The molecule has 0 aromatic heterocycles. The minimum atomic E-state index is -1.45. The highest BCUT2D eigenvalue weighted by molar-refractivity contribution is 5.95. The molecule has 0 radical (unpaired) electrons. The third-order valence-electron chi connectivity index (χ3n) is 3.11. The molecule has 2 rings (SSSR count). The van der Waals surface area contributed by atoms with Crippen molar-refractivity contribution in [3.63, 3.8) is 0 Å². The van der Waals surface area contributed by atoms with Crippen LogP contribution < -0.4 is 0 Å². The zero-order valence-corrected chi connectivity index (χ0v) is 10.6. The van der Waals surface area contributed by atoms with Crippen LogP contribution >= 0.6 is 0 Å². The number of benzene rings is 1. The number of carbonyl (C=O) groups is 1. The highest BCUT2D eigenvalue weighted by Crippen LogP contribution is 2.25. The molecule has 1 fully saturated rings. The smallest absolute Gasteiger partial charge is 0.305 e. The second kappa shape index (κ2) is 5.49. The minimum absolute atomic E-state index is 0.182. The molecule has 0 saturated carbocycles. The van der Waals surface area contributed by atoms with Crippen molar-refractivity contribution in [2.24, 2.45) is 0 Å². The molecule has 0 bridgehead atoms. The normalized spacial score (nSPS) is 18.9. The predicted octanol–water partition coefficient (Wildman–Crippen LogP) is 1.73. The molecule has 1 atom stereocenters. The standard InChI is InChI=1S/C12H12F2N2O4/c1-7-6-20-5-4-15(7)12(17)10-8(13)2-3-9(11(10)14)16(18)19/h2-3,7H,4-6H2,1H3. The van der Waals surface area contributed by atoms with E-state index >= 15 is 0 Å². The third-order valence-corrected chi connectivity index (χ3v) is 3.11. The molecule has 1 aliphatic heterocycles. The van der Waals surface area contributed by atoms with Crippen molar-refractivity contribution in [3.05, 3.63) is 39.4 Å². The molecule has 20 heavy (non-hydrogen) atoms. The lowest BCUT2D eigenvalue weighted by Crippen LogP contribution is -2.47. The molecule has 1 heterocycles. The summed E-state index contributed by atoms with van der Waals surface area (Å²) in [5.74, 6) is -3.46. The van der Waals surface area contributed by atoms with Crippen molar-refractivity contribution < 1.29 is 23.2 Å². The van der Waals surface area contributed by atoms with Crippen LogP contribution in [0.15, 0.2) is 12.1 Å². The second-order valence-electron chi connectivity index (χ2n) is 4.44. The van der Waals surface area contributed by atoms with Gasteiger partial charge in [0.15, 0.2) is 0 Å². The van der Waals surface area contributed by atoms with Gasteiger partial charge < -0.3 is 9.64 Å². The van der Waals surface area contributed by atoms with Crippen molar-refractivity contribution in [2.45, 2.75) is 13.0 Å². The number of rotatable bonds is 2. The number of nitro groups is 1. The van der Waals surface area contributed by atoms with Gasteiger partial charge in [0.25, 0.3) is 5.91 Å². The van der Waals surface area contributed by atoms with Crippen LogP contribution in [0.4, 0.5) is 14.5 Å². The van der Waals surface area contributed by atoms with Crippen LogP contribution in [0.25, 0.3) is 0 Å². The Kier molecular flexibility index (Phi) is 3.93. The Hall–Kier alpha value is -2.09. The zero-order chi connectivity index (χ0) is 14.9. The molecule has 0 N–H and O–H groups in total. The molecular formula is C12H12F2N2O4. The first-order valence-corrected chi connectivity index (χ1v) is 5.94. The van der Waals surface area contributed by atoms with Gasteiger partial charge in [0.1, 0.15) is 11.4 Å². The van der Waals surface area contributed by atoms with E-state index < -0.39 is 33.7 Å². The van der Waals surface area contributed by atoms with Crippen molar-refractivity contribution >= 4 is 11.6 Å². The Morgan fingerprint density at radius 2 is 2.20 bits per heavy atom. The van der Waals surface area contributed by atoms with Gasteiger partial charge >= 0.3 is 5.69 Å². The van der Waals surface area contributed by atoms with Crippen LogP contribution in [0.1, 0.15) is 17.3 Å². The maximum Gasteiger partial charge on any atom is 0.305 e. The fraction of sp³-hybridized carbons (Fsp3) is 0.417. The maximum absolute atomic E-state index is 14.0. The summed E-state index contributed by atoms with van der Waals surface area (Å²) >= 11 is 0. The predicted molar refractivity (Wildman–Crippen MR) is 64.3 cm³/mol. The second-order valence-corrected chi connectivity index (χ2v) is 4.44. The largest absolute Gasteiger partial charge is 0.377 e. The molecule has 108 valence electrons. The first kappa shape index (κ1) is 14.3. The van der Waals surface area contributed by atoms with Gasteiger partial charge in [-0.3, -0.25) is 14.9 Å². The van der Waals surface area contributed by atoms with Gasteiger partial charge in [-0.15, -0.1) is 0 Å². The quantitative estimate of drug-likeness (QED) is 0.613. The topological polar surface area (TPSA) is 72.7 Å². The molecule has 1 aliphatic rings. The van der Waals surface area contributed by atoms with Gasteiger partial charge in [-0.05, 0) is 13.0 Å². The molecular weight excluding hydrogens is 274 g/mol. The minimum Gasteiger partial charge on any atom is -0.377 e. The fourth-order valence-electron chi connectivity index (χ4n) is 2.05. The number of nitrogens with zero attached hydrogens (tertiary/aromatic N) is 2. The fourth-order valence-corrected chi connectivity index (χ4v) is 2.05. The van der Waals surface area contributed by atoms with Crippen LogP contribution in [0.2, 0.25) is 0 Å². The van der Waals surface area contributed by atoms with Crippen LogP contribution in [-0.2, 0) is 4.74 Å². The average Bonchev–Trinajstić information content (AvgIpc) is 2.38. The Morgan fingerprint density at radius 1 is 1.50 bits per heavy atom. The van der Waals surface area contributed by atoms with E-state index in [1.165, 1.54) is 4.90 Å². The van der Waals surface area contributed by atoms with Gasteiger partial charge in [0, 0.05) is 12.6 Å². The monoisotopic (exact) mass is 286 g/mol.